The van der Waals surface area contributed by atoms with Crippen molar-refractivity contribution in [1.29, 1.82) is 5.26 Å². The van der Waals surface area contributed by atoms with Crippen molar-refractivity contribution in [1.82, 2.24) is 4.98 Å². The van der Waals surface area contributed by atoms with E-state index in [0.717, 1.165) is 0 Å². The molecular weight excluding hydrogens is 274 g/mol. The summed E-state index contributed by atoms with van der Waals surface area (Å²) < 4.78 is 47.4. The van der Waals surface area contributed by atoms with Crippen molar-refractivity contribution in [2.75, 3.05) is 0 Å². The van der Waals surface area contributed by atoms with Gasteiger partial charge in [0.05, 0.1) is 11.1 Å². The Kier molecular flexibility index (Phi) is 3.54. The van der Waals surface area contributed by atoms with Crippen LogP contribution in [0, 0.1) is 21.4 Å². The lowest BCUT2D eigenvalue weighted by molar-refractivity contribution is -0.388. The van der Waals surface area contributed by atoms with Crippen LogP contribution < -0.4 is 5.14 Å². The van der Waals surface area contributed by atoms with Crippen molar-refractivity contribution in [2.45, 2.75) is 11.3 Å². The van der Waals surface area contributed by atoms with E-state index in [1.54, 1.807) is 0 Å². The Labute approximate surface area is 98.9 Å². The van der Waals surface area contributed by atoms with E-state index in [0.29, 0.717) is 6.20 Å². The molecule has 0 aliphatic rings. The molecule has 96 valence electrons. The third kappa shape index (κ3) is 2.39. The van der Waals surface area contributed by atoms with Gasteiger partial charge < -0.3 is 0 Å². The SMILES string of the molecule is N#Cc1cnc(C(F)F)c(S(N)(=O)=O)c1[N+](=O)[O-]. The molecule has 0 aromatic carbocycles. The third-order valence-electron chi connectivity index (χ3n) is 1.83. The first-order valence-electron chi connectivity index (χ1n) is 4.08. The van der Waals surface area contributed by atoms with Crippen LogP contribution in [0.4, 0.5) is 14.5 Å². The number of alkyl halides is 2. The Bertz CT molecular complexity index is 652. The van der Waals surface area contributed by atoms with Crippen LogP contribution in [0.1, 0.15) is 17.7 Å². The lowest BCUT2D eigenvalue weighted by atomic mass is 10.2. The molecule has 0 saturated carbocycles. The second kappa shape index (κ2) is 4.59. The number of pyridine rings is 1. The first-order valence-corrected chi connectivity index (χ1v) is 5.63. The summed E-state index contributed by atoms with van der Waals surface area (Å²) in [6.45, 7) is 0. The summed E-state index contributed by atoms with van der Waals surface area (Å²) in [5.41, 5.74) is -3.43. The predicted octanol–water partition coefficient (Wildman–Crippen LogP) is 0.446. The summed E-state index contributed by atoms with van der Waals surface area (Å²) in [5, 5.41) is 23.9. The highest BCUT2D eigenvalue weighted by molar-refractivity contribution is 7.89. The molecule has 0 bridgehead atoms. The lowest BCUT2D eigenvalue weighted by Crippen LogP contribution is -2.18. The normalized spacial score (nSPS) is 11.3. The summed E-state index contributed by atoms with van der Waals surface area (Å²) >= 11 is 0. The second-order valence-electron chi connectivity index (χ2n) is 2.95. The average Bonchev–Trinajstić information content (AvgIpc) is 2.25. The molecule has 0 amide bonds. The zero-order chi connectivity index (χ0) is 14.1. The summed E-state index contributed by atoms with van der Waals surface area (Å²) in [6.07, 6.45) is -2.89. The number of nitriles is 1. The molecule has 0 aliphatic heterocycles. The monoisotopic (exact) mass is 278 g/mol. The largest absolute Gasteiger partial charge is 0.310 e. The maximum Gasteiger partial charge on any atom is 0.310 e. The van der Waals surface area contributed by atoms with Gasteiger partial charge in [-0.05, 0) is 0 Å². The number of sulfonamides is 1. The Morgan fingerprint density at radius 1 is 1.56 bits per heavy atom. The van der Waals surface area contributed by atoms with Crippen LogP contribution in [-0.2, 0) is 10.0 Å². The zero-order valence-electron chi connectivity index (χ0n) is 8.37. The van der Waals surface area contributed by atoms with Crippen LogP contribution in [0.5, 0.6) is 0 Å². The van der Waals surface area contributed by atoms with Crippen molar-refractivity contribution >= 4 is 15.7 Å². The molecule has 1 aromatic rings. The quantitative estimate of drug-likeness (QED) is 0.628. The number of halogens is 2. The number of nitrogens with zero attached hydrogens (tertiary/aromatic N) is 3. The van der Waals surface area contributed by atoms with Gasteiger partial charge in [-0.2, -0.15) is 5.26 Å². The Balaban J connectivity index is 3.91. The van der Waals surface area contributed by atoms with Crippen LogP contribution >= 0.6 is 0 Å². The molecule has 0 unspecified atom stereocenters. The highest BCUT2D eigenvalue weighted by atomic mass is 32.2. The van der Waals surface area contributed by atoms with Crippen molar-refractivity contribution in [3.05, 3.63) is 27.6 Å². The highest BCUT2D eigenvalue weighted by Gasteiger charge is 2.35. The van der Waals surface area contributed by atoms with E-state index in [1.165, 1.54) is 6.07 Å². The number of primary sulfonamides is 1. The van der Waals surface area contributed by atoms with Gasteiger partial charge in [-0.3, -0.25) is 15.1 Å². The molecule has 0 aliphatic carbocycles. The van der Waals surface area contributed by atoms with Crippen LogP contribution in [-0.4, -0.2) is 18.3 Å². The maximum atomic E-state index is 12.5. The Hall–Kier alpha value is -2.19. The van der Waals surface area contributed by atoms with Gasteiger partial charge in [-0.15, -0.1) is 0 Å². The van der Waals surface area contributed by atoms with Crippen molar-refractivity contribution in [3.63, 3.8) is 0 Å². The van der Waals surface area contributed by atoms with E-state index in [2.05, 4.69) is 10.1 Å². The van der Waals surface area contributed by atoms with Gasteiger partial charge in [0.1, 0.15) is 17.3 Å². The molecule has 0 radical (unpaired) electrons. The first-order chi connectivity index (χ1) is 8.20. The molecule has 1 aromatic heterocycles. The minimum atomic E-state index is -4.82. The van der Waals surface area contributed by atoms with E-state index < -0.39 is 43.2 Å². The number of hydrogen-bond acceptors (Lipinski definition) is 6. The number of nitrogens with two attached hydrogens (primary N) is 1. The molecule has 11 heteroatoms. The summed E-state index contributed by atoms with van der Waals surface area (Å²) in [7, 11) is -4.82. The van der Waals surface area contributed by atoms with Gasteiger partial charge in [0.2, 0.25) is 10.0 Å². The van der Waals surface area contributed by atoms with Crippen molar-refractivity contribution in [3.8, 4) is 6.07 Å². The molecule has 0 atom stereocenters. The molecule has 0 fully saturated rings. The summed E-state index contributed by atoms with van der Waals surface area (Å²) in [5.74, 6) is 0. The van der Waals surface area contributed by atoms with Crippen molar-refractivity contribution < 1.29 is 22.1 Å². The Morgan fingerprint density at radius 3 is 2.44 bits per heavy atom. The summed E-state index contributed by atoms with van der Waals surface area (Å²) in [4.78, 5) is 11.0. The van der Waals surface area contributed by atoms with Crippen molar-refractivity contribution in [2.24, 2.45) is 5.14 Å². The van der Waals surface area contributed by atoms with E-state index in [9.17, 15) is 27.3 Å². The third-order valence-corrected chi connectivity index (χ3v) is 2.80. The minimum Gasteiger partial charge on any atom is -0.258 e. The average molecular weight is 278 g/mol. The zero-order valence-corrected chi connectivity index (χ0v) is 9.19. The molecular formula is C7H4F2N4O4S. The fourth-order valence-corrected chi connectivity index (χ4v) is 2.08. The van der Waals surface area contributed by atoms with Crippen LogP contribution in [0.3, 0.4) is 0 Å². The van der Waals surface area contributed by atoms with Gasteiger partial charge in [-0.1, -0.05) is 0 Å². The van der Waals surface area contributed by atoms with Crippen LogP contribution in [0.2, 0.25) is 0 Å². The summed E-state index contributed by atoms with van der Waals surface area (Å²) in [6, 6.07) is 1.29. The maximum absolute atomic E-state index is 12.5. The second-order valence-corrected chi connectivity index (χ2v) is 4.45. The molecule has 2 N–H and O–H groups in total. The molecule has 1 rings (SSSR count). The number of hydrogen-bond donors (Lipinski definition) is 1. The van der Waals surface area contributed by atoms with E-state index in [-0.39, 0.29) is 0 Å². The predicted molar refractivity (Wildman–Crippen MR) is 51.9 cm³/mol. The molecule has 0 saturated heterocycles. The Morgan fingerprint density at radius 2 is 2.11 bits per heavy atom. The fourth-order valence-electron chi connectivity index (χ4n) is 1.20. The fraction of sp³-hybridized carbons (Fsp3) is 0.143. The van der Waals surface area contributed by atoms with Gasteiger partial charge in [-0.25, -0.2) is 22.3 Å². The molecule has 18 heavy (non-hydrogen) atoms. The number of nitro groups is 1. The van der Waals surface area contributed by atoms with Gasteiger partial charge >= 0.3 is 5.69 Å². The van der Waals surface area contributed by atoms with Crippen LogP contribution in [0.25, 0.3) is 0 Å². The molecule has 1 heterocycles. The standard InChI is InChI=1S/C7H4F2N4O4S/c8-7(9)4-6(18(11,16)17)5(13(14)15)3(1-10)2-12-4/h2,7H,(H2,11,16,17). The minimum absolute atomic E-state index is 0.494. The first kappa shape index (κ1) is 13.9. The van der Waals surface area contributed by atoms with Gasteiger partial charge in [0, 0.05) is 0 Å². The van der Waals surface area contributed by atoms with Crippen LogP contribution in [0.15, 0.2) is 11.1 Å². The van der Waals surface area contributed by atoms with E-state index in [1.807, 2.05) is 0 Å². The van der Waals surface area contributed by atoms with Gasteiger partial charge in [0.15, 0.2) is 4.90 Å². The smallest absolute Gasteiger partial charge is 0.258 e. The molecule has 8 nitrogen and oxygen atoms in total. The molecule has 0 spiro atoms. The highest BCUT2D eigenvalue weighted by Crippen LogP contribution is 2.33. The number of aromatic nitrogens is 1. The van der Waals surface area contributed by atoms with E-state index >= 15 is 0 Å². The topological polar surface area (TPSA) is 140 Å². The van der Waals surface area contributed by atoms with Gasteiger partial charge in [0.25, 0.3) is 6.43 Å². The lowest BCUT2D eigenvalue weighted by Gasteiger charge is -2.07. The number of rotatable bonds is 3. The van der Waals surface area contributed by atoms with E-state index in [4.69, 9.17) is 5.26 Å².